The van der Waals surface area contributed by atoms with Crippen LogP contribution in [0.15, 0.2) is 42.9 Å². The number of aromatic nitrogens is 3. The minimum Gasteiger partial charge on any atom is -0.339 e. The van der Waals surface area contributed by atoms with Gasteiger partial charge in [0, 0.05) is 30.2 Å². The van der Waals surface area contributed by atoms with Gasteiger partial charge < -0.3 is 26.6 Å². The molecule has 164 valence electrons. The van der Waals surface area contributed by atoms with Gasteiger partial charge in [0.2, 0.25) is 5.95 Å². The van der Waals surface area contributed by atoms with Crippen LogP contribution in [0.4, 0.5) is 33.6 Å². The lowest BCUT2D eigenvalue weighted by Crippen LogP contribution is -2.39. The molecule has 4 heterocycles. The van der Waals surface area contributed by atoms with Crippen molar-refractivity contribution in [3.63, 3.8) is 0 Å². The molecule has 5 N–H and O–H groups in total. The molecule has 2 amide bonds. The number of pyridine rings is 1. The predicted molar refractivity (Wildman–Crippen MR) is 125 cm³/mol. The van der Waals surface area contributed by atoms with E-state index in [-0.39, 0.29) is 12.1 Å². The van der Waals surface area contributed by atoms with E-state index in [1.54, 1.807) is 12.4 Å². The van der Waals surface area contributed by atoms with Crippen molar-refractivity contribution in [2.75, 3.05) is 29.0 Å². The minimum atomic E-state index is -0.199. The molecular weight excluding hydrogens is 428 g/mol. The van der Waals surface area contributed by atoms with Crippen molar-refractivity contribution >= 4 is 46.5 Å². The Morgan fingerprint density at radius 1 is 1.09 bits per heavy atom. The first kappa shape index (κ1) is 20.5. The molecule has 1 atom stereocenters. The van der Waals surface area contributed by atoms with Gasteiger partial charge in [-0.3, -0.25) is 4.98 Å². The van der Waals surface area contributed by atoms with Gasteiger partial charge in [0.15, 0.2) is 5.82 Å². The third kappa shape index (κ3) is 4.74. The molecule has 2 aliphatic heterocycles. The number of nitrogens with one attached hydrogen (secondary N) is 5. The van der Waals surface area contributed by atoms with E-state index >= 15 is 0 Å². The molecule has 0 radical (unpaired) electrons. The summed E-state index contributed by atoms with van der Waals surface area (Å²) in [4.78, 5) is 25.6. The van der Waals surface area contributed by atoms with Crippen LogP contribution in [0, 0.1) is 0 Å². The van der Waals surface area contributed by atoms with Crippen molar-refractivity contribution in [2.24, 2.45) is 0 Å². The molecule has 0 aliphatic carbocycles. The van der Waals surface area contributed by atoms with Gasteiger partial charge in [-0.1, -0.05) is 11.6 Å². The van der Waals surface area contributed by atoms with Gasteiger partial charge >= 0.3 is 6.03 Å². The van der Waals surface area contributed by atoms with Gasteiger partial charge in [-0.2, -0.15) is 4.98 Å². The van der Waals surface area contributed by atoms with Crippen LogP contribution in [-0.2, 0) is 12.8 Å². The van der Waals surface area contributed by atoms with Crippen LogP contribution in [0.25, 0.3) is 0 Å². The SMILES string of the molecule is O=C(Nc1ccc2cc1CCc1cncc(c1)Nc1ncc(Cl)c(n1)N2)N[C@H]1CCNC1. The Labute approximate surface area is 190 Å². The van der Waals surface area contributed by atoms with Crippen molar-refractivity contribution in [1.82, 2.24) is 25.6 Å². The Morgan fingerprint density at radius 2 is 2.03 bits per heavy atom. The van der Waals surface area contributed by atoms with Gasteiger partial charge in [0.25, 0.3) is 0 Å². The van der Waals surface area contributed by atoms with Crippen LogP contribution >= 0.6 is 11.6 Å². The molecule has 1 aromatic carbocycles. The second kappa shape index (κ2) is 8.97. The molecule has 6 bridgehead atoms. The highest BCUT2D eigenvalue weighted by Crippen LogP contribution is 2.29. The lowest BCUT2D eigenvalue weighted by molar-refractivity contribution is 0.249. The molecule has 1 fully saturated rings. The summed E-state index contributed by atoms with van der Waals surface area (Å²) in [5, 5.41) is 16.1. The average Bonchev–Trinajstić information content (AvgIpc) is 3.29. The van der Waals surface area contributed by atoms with Gasteiger partial charge in [-0.05, 0) is 61.2 Å². The second-order valence-corrected chi connectivity index (χ2v) is 8.29. The first-order valence-electron chi connectivity index (χ1n) is 10.5. The summed E-state index contributed by atoms with van der Waals surface area (Å²) >= 11 is 6.32. The molecule has 5 rings (SSSR count). The maximum Gasteiger partial charge on any atom is 0.319 e. The smallest absolute Gasteiger partial charge is 0.319 e. The molecular formula is C22H23ClN8O. The highest BCUT2D eigenvalue weighted by Gasteiger charge is 2.18. The third-order valence-corrected chi connectivity index (χ3v) is 5.77. The highest BCUT2D eigenvalue weighted by atomic mass is 35.5. The molecule has 1 saturated heterocycles. The Bertz CT molecular complexity index is 1150. The van der Waals surface area contributed by atoms with E-state index in [4.69, 9.17) is 11.6 Å². The molecule has 2 aromatic heterocycles. The average molecular weight is 451 g/mol. The summed E-state index contributed by atoms with van der Waals surface area (Å²) in [5.41, 5.74) is 4.45. The van der Waals surface area contributed by atoms with Crippen LogP contribution in [-0.4, -0.2) is 40.1 Å². The number of aryl methyl sites for hydroxylation is 2. The number of hydrogen-bond acceptors (Lipinski definition) is 7. The van der Waals surface area contributed by atoms with E-state index in [2.05, 4.69) is 41.5 Å². The van der Waals surface area contributed by atoms with Crippen LogP contribution in [0.2, 0.25) is 5.02 Å². The number of hydrogen-bond donors (Lipinski definition) is 5. The Hall–Kier alpha value is -3.43. The zero-order valence-corrected chi connectivity index (χ0v) is 18.0. The monoisotopic (exact) mass is 450 g/mol. The van der Waals surface area contributed by atoms with Crippen LogP contribution < -0.4 is 26.6 Å². The number of nitrogens with zero attached hydrogens (tertiary/aromatic N) is 3. The van der Waals surface area contributed by atoms with Crippen molar-refractivity contribution in [3.05, 3.63) is 59.0 Å². The molecule has 0 spiro atoms. The number of anilines is 5. The van der Waals surface area contributed by atoms with Crippen LogP contribution in [0.1, 0.15) is 17.5 Å². The molecule has 10 heteroatoms. The zero-order valence-electron chi connectivity index (χ0n) is 17.3. The molecule has 9 nitrogen and oxygen atoms in total. The molecule has 0 saturated carbocycles. The number of carbonyl (C=O) groups is 1. The Kier molecular flexibility index (Phi) is 5.74. The number of fused-ring (bicyclic) bond motifs is 6. The summed E-state index contributed by atoms with van der Waals surface area (Å²) in [6, 6.07) is 7.77. The number of carbonyl (C=O) groups excluding carboxylic acids is 1. The van der Waals surface area contributed by atoms with E-state index < -0.39 is 0 Å². The zero-order chi connectivity index (χ0) is 21.9. The molecule has 3 aromatic rings. The summed E-state index contributed by atoms with van der Waals surface area (Å²) in [5.74, 6) is 0.914. The number of amides is 2. The van der Waals surface area contributed by atoms with Crippen molar-refractivity contribution < 1.29 is 4.79 Å². The van der Waals surface area contributed by atoms with E-state index in [1.165, 1.54) is 0 Å². The maximum atomic E-state index is 12.5. The normalized spacial score (nSPS) is 17.1. The topological polar surface area (TPSA) is 116 Å². The molecule has 0 unspecified atom stereocenters. The number of halogens is 1. The quantitative estimate of drug-likeness (QED) is 0.405. The van der Waals surface area contributed by atoms with Crippen LogP contribution in [0.3, 0.4) is 0 Å². The van der Waals surface area contributed by atoms with Crippen molar-refractivity contribution in [2.45, 2.75) is 25.3 Å². The van der Waals surface area contributed by atoms with Gasteiger partial charge in [-0.25, -0.2) is 9.78 Å². The lowest BCUT2D eigenvalue weighted by Gasteiger charge is -2.16. The first-order chi connectivity index (χ1) is 15.6. The lowest BCUT2D eigenvalue weighted by atomic mass is 10.0. The molecule has 32 heavy (non-hydrogen) atoms. The van der Waals surface area contributed by atoms with Crippen molar-refractivity contribution in [1.29, 1.82) is 0 Å². The van der Waals surface area contributed by atoms with Gasteiger partial charge in [0.05, 0.1) is 18.1 Å². The predicted octanol–water partition coefficient (Wildman–Crippen LogP) is 3.59. The fraction of sp³-hybridized carbons (Fsp3) is 0.273. The van der Waals surface area contributed by atoms with Crippen LogP contribution in [0.5, 0.6) is 0 Å². The fourth-order valence-electron chi connectivity index (χ4n) is 3.87. The van der Waals surface area contributed by atoms with E-state index in [0.717, 1.165) is 60.5 Å². The standard InChI is InChI=1S/C22H23ClN8O/c23-18-12-26-21-28-17-7-13(9-25-11-17)1-2-14-8-15(27-20(18)31-21)3-4-19(14)30-22(32)29-16-5-6-24-10-16/h3-4,7-9,11-12,16,24H,1-2,5-6,10H2,(H2,29,30,32)(H2,26,27,28,31)/t16-/m0/s1. The number of benzene rings is 1. The highest BCUT2D eigenvalue weighted by molar-refractivity contribution is 6.32. The van der Waals surface area contributed by atoms with Gasteiger partial charge in [0.1, 0.15) is 5.02 Å². The van der Waals surface area contributed by atoms with Crippen molar-refractivity contribution in [3.8, 4) is 0 Å². The largest absolute Gasteiger partial charge is 0.339 e. The number of urea groups is 1. The maximum absolute atomic E-state index is 12.5. The van der Waals surface area contributed by atoms with E-state index in [1.807, 2.05) is 30.5 Å². The Morgan fingerprint density at radius 3 is 2.91 bits per heavy atom. The summed E-state index contributed by atoms with van der Waals surface area (Å²) in [6.45, 7) is 1.72. The first-order valence-corrected chi connectivity index (χ1v) is 10.9. The van der Waals surface area contributed by atoms with E-state index in [9.17, 15) is 4.79 Å². The number of rotatable bonds is 2. The second-order valence-electron chi connectivity index (χ2n) is 7.88. The summed E-state index contributed by atoms with van der Waals surface area (Å²) in [6.07, 6.45) is 7.53. The Balaban J connectivity index is 1.46. The summed E-state index contributed by atoms with van der Waals surface area (Å²) in [7, 11) is 0. The van der Waals surface area contributed by atoms with Gasteiger partial charge in [-0.15, -0.1) is 0 Å². The summed E-state index contributed by atoms with van der Waals surface area (Å²) < 4.78 is 0. The molecule has 2 aliphatic rings. The minimum absolute atomic E-state index is 0.149. The third-order valence-electron chi connectivity index (χ3n) is 5.49. The van der Waals surface area contributed by atoms with E-state index in [0.29, 0.717) is 16.8 Å². The fourth-order valence-corrected chi connectivity index (χ4v) is 4.01.